The van der Waals surface area contributed by atoms with E-state index < -0.39 is 35.8 Å². The average Bonchev–Trinajstić information content (AvgIpc) is 2.60. The number of amides is 1. The second-order valence-electron chi connectivity index (χ2n) is 6.76. The summed E-state index contributed by atoms with van der Waals surface area (Å²) in [6, 6.07) is 13.3. The fourth-order valence-corrected chi connectivity index (χ4v) is 2.60. The summed E-state index contributed by atoms with van der Waals surface area (Å²) in [7, 11) is 0. The number of carboxylic acids is 1. The summed E-state index contributed by atoms with van der Waals surface area (Å²) in [5.74, 6) is -3.68. The van der Waals surface area contributed by atoms with Gasteiger partial charge in [0.1, 0.15) is 0 Å². The van der Waals surface area contributed by atoms with E-state index in [1.54, 1.807) is 6.07 Å². The highest BCUT2D eigenvalue weighted by atomic mass is 19.4. The number of benzene rings is 2. The van der Waals surface area contributed by atoms with Gasteiger partial charge in [-0.3, -0.25) is 9.59 Å². The topological polar surface area (TPSA) is 66.4 Å². The molecule has 0 saturated carbocycles. The Labute approximate surface area is 155 Å². The van der Waals surface area contributed by atoms with Gasteiger partial charge in [0.2, 0.25) is 5.91 Å². The lowest BCUT2D eigenvalue weighted by Gasteiger charge is -2.21. The molecule has 0 aliphatic carbocycles. The third kappa shape index (κ3) is 5.09. The number of carbonyl (C=O) groups is 2. The zero-order valence-corrected chi connectivity index (χ0v) is 14.9. The Kier molecular flexibility index (Phi) is 5.93. The molecule has 0 heterocycles. The van der Waals surface area contributed by atoms with Gasteiger partial charge in [-0.25, -0.2) is 0 Å². The Hall–Kier alpha value is -2.83. The monoisotopic (exact) mass is 379 g/mol. The van der Waals surface area contributed by atoms with Crippen molar-refractivity contribution in [3.8, 4) is 0 Å². The predicted molar refractivity (Wildman–Crippen MR) is 95.6 cm³/mol. The summed E-state index contributed by atoms with van der Waals surface area (Å²) >= 11 is 0. The molecule has 1 unspecified atom stereocenters. The van der Waals surface area contributed by atoms with Crippen molar-refractivity contribution in [1.29, 1.82) is 0 Å². The van der Waals surface area contributed by atoms with Crippen molar-refractivity contribution in [3.63, 3.8) is 0 Å². The maximum atomic E-state index is 13.3. The average molecular weight is 379 g/mol. The second-order valence-corrected chi connectivity index (χ2v) is 6.76. The molecular weight excluding hydrogens is 359 g/mol. The van der Waals surface area contributed by atoms with Crippen molar-refractivity contribution in [2.24, 2.45) is 0 Å². The van der Waals surface area contributed by atoms with Gasteiger partial charge in [-0.1, -0.05) is 42.5 Å². The maximum Gasteiger partial charge on any atom is 0.396 e. The Balaban J connectivity index is 2.11. The van der Waals surface area contributed by atoms with Gasteiger partial charge in [-0.15, -0.1) is 0 Å². The number of anilines is 1. The van der Waals surface area contributed by atoms with Crippen LogP contribution in [0, 0.1) is 0 Å². The molecular formula is C20H20F3NO3. The number of hydrogen-bond donors (Lipinski definition) is 2. The first-order valence-electron chi connectivity index (χ1n) is 8.27. The molecule has 1 amide bonds. The number of hydrogen-bond acceptors (Lipinski definition) is 2. The van der Waals surface area contributed by atoms with Gasteiger partial charge in [0.25, 0.3) is 0 Å². The molecule has 0 radical (unpaired) electrons. The van der Waals surface area contributed by atoms with Crippen LogP contribution in [0.5, 0.6) is 0 Å². The largest absolute Gasteiger partial charge is 0.481 e. The van der Waals surface area contributed by atoms with Gasteiger partial charge in [-0.05, 0) is 37.1 Å². The van der Waals surface area contributed by atoms with E-state index in [1.807, 2.05) is 0 Å². The van der Waals surface area contributed by atoms with Crippen LogP contribution in [0.2, 0.25) is 0 Å². The first-order chi connectivity index (χ1) is 12.5. The molecule has 144 valence electrons. The van der Waals surface area contributed by atoms with Crippen LogP contribution < -0.4 is 5.32 Å². The van der Waals surface area contributed by atoms with E-state index >= 15 is 0 Å². The lowest BCUT2D eigenvalue weighted by atomic mass is 9.85. The van der Waals surface area contributed by atoms with Crippen LogP contribution in [-0.4, -0.2) is 23.2 Å². The lowest BCUT2D eigenvalue weighted by molar-refractivity contribution is -0.156. The molecule has 27 heavy (non-hydrogen) atoms. The van der Waals surface area contributed by atoms with Crippen molar-refractivity contribution in [2.75, 3.05) is 5.32 Å². The molecule has 0 aliphatic rings. The van der Waals surface area contributed by atoms with E-state index in [0.717, 1.165) is 0 Å². The Bertz CT molecular complexity index is 799. The fraction of sp³-hybridized carbons (Fsp3) is 0.300. The summed E-state index contributed by atoms with van der Waals surface area (Å²) in [4.78, 5) is 23.4. The number of rotatable bonds is 6. The van der Waals surface area contributed by atoms with Crippen LogP contribution in [0.4, 0.5) is 18.9 Å². The Morgan fingerprint density at radius 3 is 2.04 bits per heavy atom. The van der Waals surface area contributed by atoms with Crippen molar-refractivity contribution in [3.05, 3.63) is 65.7 Å². The molecule has 2 N–H and O–H groups in total. The lowest BCUT2D eigenvalue weighted by Crippen LogP contribution is -2.28. The zero-order chi connectivity index (χ0) is 20.2. The number of nitrogens with one attached hydrogen (secondary N) is 1. The highest BCUT2D eigenvalue weighted by Crippen LogP contribution is 2.37. The molecule has 7 heteroatoms. The van der Waals surface area contributed by atoms with Crippen LogP contribution in [0.25, 0.3) is 0 Å². The molecule has 0 aliphatic heterocycles. The van der Waals surface area contributed by atoms with Gasteiger partial charge >= 0.3 is 12.1 Å². The summed E-state index contributed by atoms with van der Waals surface area (Å²) in [5.41, 5.74) is -0.264. The molecule has 0 bridgehead atoms. The molecule has 0 fully saturated rings. The van der Waals surface area contributed by atoms with Crippen LogP contribution >= 0.6 is 0 Å². The minimum Gasteiger partial charge on any atom is -0.481 e. The number of carboxylic acid groups (broad SMARTS) is 1. The maximum absolute atomic E-state index is 13.3. The first-order valence-corrected chi connectivity index (χ1v) is 8.27. The molecule has 4 nitrogen and oxygen atoms in total. The number of carbonyl (C=O) groups excluding carboxylic acids is 1. The SMILES string of the molecule is CC(C)(C(=O)O)c1ccc(NC(=O)CC(c2ccccc2)C(F)(F)F)cc1. The minimum atomic E-state index is -4.55. The number of aliphatic carboxylic acids is 1. The first kappa shape index (κ1) is 20.5. The van der Waals surface area contributed by atoms with Gasteiger partial charge in [0, 0.05) is 12.1 Å². The van der Waals surface area contributed by atoms with E-state index in [4.69, 9.17) is 0 Å². The van der Waals surface area contributed by atoms with Crippen LogP contribution in [0.15, 0.2) is 54.6 Å². The normalized spacial score (nSPS) is 13.1. The zero-order valence-electron chi connectivity index (χ0n) is 14.9. The van der Waals surface area contributed by atoms with Gasteiger partial charge in [0.05, 0.1) is 11.3 Å². The van der Waals surface area contributed by atoms with Gasteiger partial charge in [-0.2, -0.15) is 13.2 Å². The van der Waals surface area contributed by atoms with E-state index in [0.29, 0.717) is 11.3 Å². The van der Waals surface area contributed by atoms with Crippen LogP contribution in [0.1, 0.15) is 37.3 Å². The number of alkyl halides is 3. The predicted octanol–water partition coefficient (Wildman–Crippen LogP) is 4.72. The second kappa shape index (κ2) is 7.82. The van der Waals surface area contributed by atoms with E-state index in [-0.39, 0.29) is 5.56 Å². The summed E-state index contributed by atoms with van der Waals surface area (Å²) in [5, 5.41) is 11.7. The molecule has 1 atom stereocenters. The summed E-state index contributed by atoms with van der Waals surface area (Å²) < 4.78 is 40.0. The molecule has 2 aromatic carbocycles. The molecule has 2 rings (SSSR count). The van der Waals surface area contributed by atoms with Crippen molar-refractivity contribution < 1.29 is 27.9 Å². The van der Waals surface area contributed by atoms with E-state index in [2.05, 4.69) is 5.32 Å². The van der Waals surface area contributed by atoms with Crippen molar-refractivity contribution >= 4 is 17.6 Å². The van der Waals surface area contributed by atoms with Crippen LogP contribution in [0.3, 0.4) is 0 Å². The third-order valence-electron chi connectivity index (χ3n) is 4.41. The minimum absolute atomic E-state index is 0.0266. The highest BCUT2D eigenvalue weighted by molar-refractivity contribution is 5.91. The molecule has 0 aromatic heterocycles. The smallest absolute Gasteiger partial charge is 0.396 e. The standard InChI is InChI=1S/C20H20F3NO3/c1-19(2,18(26)27)14-8-10-15(11-9-14)24-17(25)12-16(20(21,22)23)13-6-4-3-5-7-13/h3-11,16H,12H2,1-2H3,(H,24,25)(H,26,27). The quantitative estimate of drug-likeness (QED) is 0.763. The third-order valence-corrected chi connectivity index (χ3v) is 4.41. The molecule has 2 aromatic rings. The van der Waals surface area contributed by atoms with Crippen molar-refractivity contribution in [1.82, 2.24) is 0 Å². The van der Waals surface area contributed by atoms with E-state index in [9.17, 15) is 27.9 Å². The fourth-order valence-electron chi connectivity index (χ4n) is 2.60. The van der Waals surface area contributed by atoms with Gasteiger partial charge in [0.15, 0.2) is 0 Å². The molecule has 0 spiro atoms. The Morgan fingerprint density at radius 1 is 1.00 bits per heavy atom. The van der Waals surface area contributed by atoms with Gasteiger partial charge < -0.3 is 10.4 Å². The highest BCUT2D eigenvalue weighted by Gasteiger charge is 2.41. The van der Waals surface area contributed by atoms with Crippen LogP contribution in [-0.2, 0) is 15.0 Å². The van der Waals surface area contributed by atoms with Crippen molar-refractivity contribution in [2.45, 2.75) is 37.8 Å². The number of halogens is 3. The Morgan fingerprint density at radius 2 is 1.56 bits per heavy atom. The molecule has 0 saturated heterocycles. The van der Waals surface area contributed by atoms with E-state index in [1.165, 1.54) is 62.4 Å². The summed E-state index contributed by atoms with van der Waals surface area (Å²) in [6.07, 6.45) is -5.29. The summed E-state index contributed by atoms with van der Waals surface area (Å²) in [6.45, 7) is 3.08.